The maximum Gasteiger partial charge on any atom is 0.303 e. The van der Waals surface area contributed by atoms with Crippen LogP contribution in [0.2, 0.25) is 0 Å². The van der Waals surface area contributed by atoms with Crippen LogP contribution < -0.4 is 5.32 Å². The van der Waals surface area contributed by atoms with Crippen molar-refractivity contribution in [2.75, 3.05) is 5.32 Å². The molecule has 2 aromatic heterocycles. The lowest BCUT2D eigenvalue weighted by Crippen LogP contribution is -2.24. The molecule has 1 amide bonds. The smallest absolute Gasteiger partial charge is 0.303 e. The van der Waals surface area contributed by atoms with Crippen LogP contribution in [0.4, 0.5) is 5.82 Å². The molecule has 35 heavy (non-hydrogen) atoms. The largest absolute Gasteiger partial charge is 0.454 e. The summed E-state index contributed by atoms with van der Waals surface area (Å²) in [6.07, 6.45) is 9.00. The van der Waals surface area contributed by atoms with Gasteiger partial charge in [0, 0.05) is 41.6 Å². The maximum absolute atomic E-state index is 13.0. The molecule has 1 N–H and O–H groups in total. The van der Waals surface area contributed by atoms with E-state index >= 15 is 0 Å². The number of hydrogen-bond acceptors (Lipinski definition) is 6. The van der Waals surface area contributed by atoms with Crippen LogP contribution in [0.25, 0.3) is 16.3 Å². The van der Waals surface area contributed by atoms with Crippen molar-refractivity contribution in [1.82, 2.24) is 9.97 Å². The second-order valence-corrected chi connectivity index (χ2v) is 8.94. The summed E-state index contributed by atoms with van der Waals surface area (Å²) in [5.74, 6) is -0.0675. The molecule has 0 aromatic carbocycles. The van der Waals surface area contributed by atoms with Gasteiger partial charge in [-0.2, -0.15) is 0 Å². The van der Waals surface area contributed by atoms with Crippen LogP contribution >= 0.6 is 0 Å². The highest BCUT2D eigenvalue weighted by molar-refractivity contribution is 6.03. The van der Waals surface area contributed by atoms with Gasteiger partial charge in [-0.25, -0.2) is 4.98 Å². The number of Topliss-reactive ketones (excluding diaryl/α,β-unsaturated/α-hetero) is 1. The molecule has 1 unspecified atom stereocenters. The van der Waals surface area contributed by atoms with Crippen molar-refractivity contribution in [2.24, 2.45) is 5.92 Å². The molecule has 184 valence electrons. The van der Waals surface area contributed by atoms with Gasteiger partial charge >= 0.3 is 5.97 Å². The number of carbonyl (C=O) groups excluding carboxylic acids is 3. The van der Waals surface area contributed by atoms with Gasteiger partial charge < -0.3 is 10.1 Å². The zero-order valence-corrected chi connectivity index (χ0v) is 21.3. The van der Waals surface area contributed by atoms with Crippen LogP contribution in [0.5, 0.6) is 0 Å². The fraction of sp³-hybridized carbons (Fsp3) is 0.393. The van der Waals surface area contributed by atoms with Crippen LogP contribution in [-0.4, -0.2) is 33.7 Å². The number of nitrogens with zero attached hydrogens (tertiary/aromatic N) is 2. The molecule has 0 bridgehead atoms. The van der Waals surface area contributed by atoms with E-state index in [1.165, 1.54) is 6.92 Å². The highest BCUT2D eigenvalue weighted by Gasteiger charge is 2.29. The molecule has 1 saturated carbocycles. The molecule has 3 rings (SSSR count). The lowest BCUT2D eigenvalue weighted by atomic mass is 9.94. The average molecular weight is 476 g/mol. The Morgan fingerprint density at radius 3 is 2.37 bits per heavy atom. The number of esters is 1. The Morgan fingerprint density at radius 1 is 1.11 bits per heavy atom. The maximum atomic E-state index is 13.0. The molecule has 7 heteroatoms. The zero-order valence-electron chi connectivity index (χ0n) is 21.3. The first-order valence-corrected chi connectivity index (χ1v) is 12.0. The van der Waals surface area contributed by atoms with Crippen LogP contribution in [0.1, 0.15) is 66.5 Å². The number of hydrogen-bond donors (Lipinski definition) is 1. The Kier molecular flexibility index (Phi) is 8.33. The van der Waals surface area contributed by atoms with E-state index in [0.29, 0.717) is 17.8 Å². The second-order valence-electron chi connectivity index (χ2n) is 8.94. The van der Waals surface area contributed by atoms with E-state index in [9.17, 15) is 14.4 Å². The van der Waals surface area contributed by atoms with Gasteiger partial charge in [-0.3, -0.25) is 19.4 Å². The van der Waals surface area contributed by atoms with E-state index < -0.39 is 12.1 Å². The van der Waals surface area contributed by atoms with E-state index in [1.54, 1.807) is 19.3 Å². The van der Waals surface area contributed by atoms with Gasteiger partial charge in [0.15, 0.2) is 6.10 Å². The van der Waals surface area contributed by atoms with Crippen LogP contribution in [0.15, 0.2) is 53.4 Å². The van der Waals surface area contributed by atoms with Crippen molar-refractivity contribution in [3.05, 3.63) is 59.1 Å². The van der Waals surface area contributed by atoms with Crippen molar-refractivity contribution in [2.45, 2.75) is 66.9 Å². The summed E-state index contributed by atoms with van der Waals surface area (Å²) in [4.78, 5) is 45.4. The van der Waals surface area contributed by atoms with Crippen LogP contribution in [0.3, 0.4) is 0 Å². The van der Waals surface area contributed by atoms with Gasteiger partial charge in [0.25, 0.3) is 0 Å². The number of ketones is 1. The molecule has 1 fully saturated rings. The predicted molar refractivity (Wildman–Crippen MR) is 138 cm³/mol. The summed E-state index contributed by atoms with van der Waals surface area (Å²) in [7, 11) is 0. The molecule has 0 spiro atoms. The summed E-state index contributed by atoms with van der Waals surface area (Å²) < 4.78 is 5.13. The van der Waals surface area contributed by atoms with Crippen molar-refractivity contribution in [1.29, 1.82) is 0 Å². The number of pyridine rings is 2. The third-order valence-electron chi connectivity index (χ3n) is 6.12. The monoisotopic (exact) mass is 475 g/mol. The minimum Gasteiger partial charge on any atom is -0.454 e. The molecule has 0 aliphatic heterocycles. The van der Waals surface area contributed by atoms with Gasteiger partial charge in [-0.05, 0) is 76.3 Å². The van der Waals surface area contributed by atoms with E-state index in [1.807, 2.05) is 52.0 Å². The molecule has 7 nitrogen and oxygen atoms in total. The van der Waals surface area contributed by atoms with Gasteiger partial charge in [0.2, 0.25) is 11.7 Å². The number of nitrogens with one attached hydrogen (secondary N) is 1. The molecule has 1 aliphatic rings. The van der Waals surface area contributed by atoms with Crippen molar-refractivity contribution in [3.8, 4) is 0 Å². The van der Waals surface area contributed by atoms with E-state index in [-0.39, 0.29) is 17.6 Å². The molecule has 1 aliphatic carbocycles. The number of fused-ring (bicyclic) bond motifs is 1. The molecule has 0 radical (unpaired) electrons. The number of carbonyl (C=O) groups is 3. The van der Waals surface area contributed by atoms with Crippen LogP contribution in [0, 0.1) is 5.92 Å². The number of anilines is 1. The Bertz CT molecular complexity index is 1250. The lowest BCUT2D eigenvalue weighted by molar-refractivity contribution is -0.150. The Hall–Kier alpha value is -3.61. The number of allylic oxidation sites excluding steroid dienone is 5. The quantitative estimate of drug-likeness (QED) is 0.289. The normalized spacial score (nSPS) is 15.9. The zero-order chi connectivity index (χ0) is 25.7. The van der Waals surface area contributed by atoms with E-state index in [2.05, 4.69) is 15.3 Å². The summed E-state index contributed by atoms with van der Waals surface area (Å²) in [5, 5.41) is 4.63. The first kappa shape index (κ1) is 26.0. The summed E-state index contributed by atoms with van der Waals surface area (Å²) in [6, 6.07) is 3.77. The fourth-order valence-corrected chi connectivity index (χ4v) is 3.82. The van der Waals surface area contributed by atoms with Gasteiger partial charge in [-0.1, -0.05) is 18.6 Å². The highest BCUT2D eigenvalue weighted by Crippen LogP contribution is 2.31. The van der Waals surface area contributed by atoms with E-state index in [4.69, 9.17) is 4.74 Å². The second kappa shape index (κ2) is 11.2. The topological polar surface area (TPSA) is 98.3 Å². The Balaban J connectivity index is 1.90. The van der Waals surface area contributed by atoms with Crippen LogP contribution in [-0.2, 0) is 19.1 Å². The van der Waals surface area contributed by atoms with E-state index in [0.717, 1.165) is 46.0 Å². The van der Waals surface area contributed by atoms with Crippen molar-refractivity contribution < 1.29 is 19.1 Å². The third kappa shape index (κ3) is 6.50. The summed E-state index contributed by atoms with van der Waals surface area (Å²) in [5.41, 5.74) is 3.95. The number of aromatic nitrogens is 2. The first-order valence-electron chi connectivity index (χ1n) is 12.0. The van der Waals surface area contributed by atoms with Gasteiger partial charge in [-0.15, -0.1) is 0 Å². The molecule has 1 atom stereocenters. The summed E-state index contributed by atoms with van der Waals surface area (Å²) in [6.45, 7) is 10.6. The third-order valence-corrected chi connectivity index (χ3v) is 6.12. The average Bonchev–Trinajstić information content (AvgIpc) is 3.67. The van der Waals surface area contributed by atoms with Gasteiger partial charge in [0.05, 0.1) is 5.69 Å². The molecule has 2 aromatic rings. The molecule has 2 heterocycles. The SMILES string of the molecule is C\C=C(/C(C)=C\C(C(=O)C(C)OC(C)=O)=C(/C)CC)c1cc2cnc(NC(=O)C3CC3)cc2cn1. The van der Waals surface area contributed by atoms with Gasteiger partial charge in [0.1, 0.15) is 5.82 Å². The molecule has 0 saturated heterocycles. The standard InChI is InChI=1S/C28H33N3O4/c1-7-16(3)24(27(33)18(5)35-19(6)32)11-17(4)23(8-2)25-12-21-15-30-26(13-22(21)14-29-25)31-28(34)20-9-10-20/h8,11-15,18,20H,7,9-10H2,1-6H3,(H,30,31,34)/b17-11-,23-8+,24-16-. The first-order chi connectivity index (χ1) is 16.6. The number of rotatable bonds is 9. The fourth-order valence-electron chi connectivity index (χ4n) is 3.82. The minimum atomic E-state index is -0.860. The van der Waals surface area contributed by atoms with Crippen molar-refractivity contribution >= 4 is 39.8 Å². The lowest BCUT2D eigenvalue weighted by Gasteiger charge is -2.15. The molecular weight excluding hydrogens is 442 g/mol. The molecular formula is C28H33N3O4. The number of amides is 1. The Labute approximate surface area is 206 Å². The number of ether oxygens (including phenoxy) is 1. The minimum absolute atomic E-state index is 0.0159. The Morgan fingerprint density at radius 2 is 1.77 bits per heavy atom. The van der Waals surface area contributed by atoms with Crippen molar-refractivity contribution in [3.63, 3.8) is 0 Å². The highest BCUT2D eigenvalue weighted by atomic mass is 16.5. The predicted octanol–water partition coefficient (Wildman–Crippen LogP) is 5.58. The summed E-state index contributed by atoms with van der Waals surface area (Å²) >= 11 is 0.